The lowest BCUT2D eigenvalue weighted by Crippen LogP contribution is -2.26. The lowest BCUT2D eigenvalue weighted by molar-refractivity contribution is -0.138. The molecule has 0 fully saturated rings. The highest BCUT2D eigenvalue weighted by atomic mass is 79.9. The molecular formula is C10H9BrF3NO. The number of nitrogens with two attached hydrogens (primary N) is 1. The number of hydrogen-bond donors (Lipinski definition) is 1. The Morgan fingerprint density at radius 1 is 1.38 bits per heavy atom. The van der Waals surface area contributed by atoms with E-state index >= 15 is 0 Å². The van der Waals surface area contributed by atoms with Crippen molar-refractivity contribution in [2.75, 3.05) is 0 Å². The van der Waals surface area contributed by atoms with Gasteiger partial charge in [-0.25, -0.2) is 0 Å². The van der Waals surface area contributed by atoms with E-state index in [1.54, 1.807) is 0 Å². The zero-order valence-corrected chi connectivity index (χ0v) is 9.68. The van der Waals surface area contributed by atoms with Gasteiger partial charge in [-0.2, -0.15) is 13.2 Å². The molecule has 1 rings (SSSR count). The van der Waals surface area contributed by atoms with Crippen LogP contribution in [0.4, 0.5) is 13.2 Å². The molecule has 16 heavy (non-hydrogen) atoms. The summed E-state index contributed by atoms with van der Waals surface area (Å²) in [6.07, 6.45) is -4.49. The van der Waals surface area contributed by atoms with Gasteiger partial charge in [0.05, 0.1) is 10.4 Å². The first-order chi connectivity index (χ1) is 7.32. The van der Waals surface area contributed by atoms with Crippen LogP contribution in [0.2, 0.25) is 0 Å². The normalized spacial score (nSPS) is 13.5. The smallest absolute Gasteiger partial charge is 0.369 e. The summed E-state index contributed by atoms with van der Waals surface area (Å²) in [6.45, 7) is 0. The molecule has 0 saturated carbocycles. The summed E-state index contributed by atoms with van der Waals surface area (Å²) < 4.78 is 37.7. The van der Waals surface area contributed by atoms with E-state index in [2.05, 4.69) is 15.9 Å². The minimum Gasteiger partial charge on any atom is -0.369 e. The van der Waals surface area contributed by atoms with Crippen LogP contribution in [0.25, 0.3) is 0 Å². The van der Waals surface area contributed by atoms with Crippen LogP contribution in [-0.2, 0) is 17.4 Å². The maximum absolute atomic E-state index is 12.6. The monoisotopic (exact) mass is 295 g/mol. The van der Waals surface area contributed by atoms with Crippen molar-refractivity contribution < 1.29 is 18.0 Å². The molecule has 0 radical (unpaired) electrons. The van der Waals surface area contributed by atoms with Gasteiger partial charge in [0, 0.05) is 0 Å². The molecule has 1 aromatic carbocycles. The van der Waals surface area contributed by atoms with Gasteiger partial charge in [-0.05, 0) is 18.1 Å². The Morgan fingerprint density at radius 2 is 1.94 bits per heavy atom. The quantitative estimate of drug-likeness (QED) is 0.856. The van der Waals surface area contributed by atoms with Gasteiger partial charge in [-0.15, -0.1) is 0 Å². The Kier molecular flexibility index (Phi) is 3.96. The molecular weight excluding hydrogens is 287 g/mol. The Bertz CT molecular complexity index is 392. The van der Waals surface area contributed by atoms with E-state index in [0.29, 0.717) is 0 Å². The lowest BCUT2D eigenvalue weighted by atomic mass is 10.0. The van der Waals surface area contributed by atoms with Crippen LogP contribution in [0.3, 0.4) is 0 Å². The summed E-state index contributed by atoms with van der Waals surface area (Å²) in [7, 11) is 0. The Labute approximate surface area is 98.8 Å². The van der Waals surface area contributed by atoms with Gasteiger partial charge in [0.2, 0.25) is 5.91 Å². The molecule has 0 spiro atoms. The highest BCUT2D eigenvalue weighted by Crippen LogP contribution is 2.32. The largest absolute Gasteiger partial charge is 0.416 e. The van der Waals surface area contributed by atoms with E-state index in [1.165, 1.54) is 18.2 Å². The third-order valence-electron chi connectivity index (χ3n) is 2.03. The molecule has 6 heteroatoms. The second-order valence-corrected chi connectivity index (χ2v) is 4.33. The number of amides is 1. The summed E-state index contributed by atoms with van der Waals surface area (Å²) in [5.41, 5.74) is 4.29. The molecule has 0 bridgehead atoms. The predicted molar refractivity (Wildman–Crippen MR) is 57.1 cm³/mol. The minimum absolute atomic E-state index is 0.0516. The SMILES string of the molecule is NC(=O)C(Br)Cc1ccccc1C(F)(F)F. The molecule has 0 aromatic heterocycles. The fourth-order valence-electron chi connectivity index (χ4n) is 1.27. The lowest BCUT2D eigenvalue weighted by Gasteiger charge is -2.13. The molecule has 1 atom stereocenters. The molecule has 1 aromatic rings. The van der Waals surface area contributed by atoms with Crippen molar-refractivity contribution in [1.29, 1.82) is 0 Å². The third-order valence-corrected chi connectivity index (χ3v) is 2.81. The van der Waals surface area contributed by atoms with Crippen LogP contribution < -0.4 is 5.73 Å². The van der Waals surface area contributed by atoms with Gasteiger partial charge in [0.15, 0.2) is 0 Å². The van der Waals surface area contributed by atoms with E-state index in [0.717, 1.165) is 6.07 Å². The van der Waals surface area contributed by atoms with Crippen molar-refractivity contribution in [2.24, 2.45) is 5.73 Å². The van der Waals surface area contributed by atoms with Gasteiger partial charge >= 0.3 is 6.18 Å². The topological polar surface area (TPSA) is 43.1 Å². The summed E-state index contributed by atoms with van der Waals surface area (Å²) in [6, 6.07) is 5.11. The highest BCUT2D eigenvalue weighted by molar-refractivity contribution is 9.10. The third kappa shape index (κ3) is 3.23. The molecule has 0 heterocycles. The van der Waals surface area contributed by atoms with E-state index in [4.69, 9.17) is 5.73 Å². The number of alkyl halides is 4. The second kappa shape index (κ2) is 4.86. The van der Waals surface area contributed by atoms with Crippen molar-refractivity contribution in [3.63, 3.8) is 0 Å². The first-order valence-electron chi connectivity index (χ1n) is 4.41. The van der Waals surface area contributed by atoms with Crippen molar-refractivity contribution >= 4 is 21.8 Å². The van der Waals surface area contributed by atoms with E-state index in [9.17, 15) is 18.0 Å². The molecule has 2 nitrogen and oxygen atoms in total. The zero-order valence-electron chi connectivity index (χ0n) is 8.09. The van der Waals surface area contributed by atoms with Crippen LogP contribution >= 0.6 is 15.9 Å². The van der Waals surface area contributed by atoms with Gasteiger partial charge in [-0.3, -0.25) is 4.79 Å². The zero-order chi connectivity index (χ0) is 12.3. The molecule has 88 valence electrons. The standard InChI is InChI=1S/C10H9BrF3NO/c11-8(9(15)16)5-6-3-1-2-4-7(6)10(12,13)14/h1-4,8H,5H2,(H2,15,16). The number of carbonyl (C=O) groups excluding carboxylic acids is 1. The van der Waals surface area contributed by atoms with Crippen molar-refractivity contribution in [3.8, 4) is 0 Å². The van der Waals surface area contributed by atoms with E-state index in [-0.39, 0.29) is 12.0 Å². The molecule has 2 N–H and O–H groups in total. The number of carbonyl (C=O) groups is 1. The van der Waals surface area contributed by atoms with Gasteiger partial charge in [0.25, 0.3) is 0 Å². The van der Waals surface area contributed by atoms with Crippen LogP contribution in [0, 0.1) is 0 Å². The Morgan fingerprint density at radius 3 is 2.44 bits per heavy atom. The van der Waals surface area contributed by atoms with Crippen molar-refractivity contribution in [1.82, 2.24) is 0 Å². The first kappa shape index (κ1) is 13.0. The predicted octanol–water partition coefficient (Wildman–Crippen LogP) is 2.50. The molecule has 0 saturated heterocycles. The average molecular weight is 296 g/mol. The molecule has 1 unspecified atom stereocenters. The Balaban J connectivity index is 3.01. The number of halogens is 4. The molecule has 0 aliphatic heterocycles. The number of hydrogen-bond acceptors (Lipinski definition) is 1. The minimum atomic E-state index is -4.42. The molecule has 0 aliphatic carbocycles. The first-order valence-corrected chi connectivity index (χ1v) is 5.32. The summed E-state index contributed by atoms with van der Waals surface area (Å²) in [5, 5.41) is 0. The van der Waals surface area contributed by atoms with Crippen LogP contribution in [0.1, 0.15) is 11.1 Å². The van der Waals surface area contributed by atoms with Gasteiger partial charge in [0.1, 0.15) is 0 Å². The summed E-state index contributed by atoms with van der Waals surface area (Å²) in [5.74, 6) is -0.683. The average Bonchev–Trinajstić information content (AvgIpc) is 2.16. The maximum atomic E-state index is 12.6. The second-order valence-electron chi connectivity index (χ2n) is 3.23. The highest BCUT2D eigenvalue weighted by Gasteiger charge is 2.33. The number of rotatable bonds is 3. The fourth-order valence-corrected chi connectivity index (χ4v) is 1.62. The maximum Gasteiger partial charge on any atom is 0.416 e. The van der Waals surface area contributed by atoms with Gasteiger partial charge in [-0.1, -0.05) is 34.1 Å². The van der Waals surface area contributed by atoms with Crippen molar-refractivity contribution in [3.05, 3.63) is 35.4 Å². The van der Waals surface area contributed by atoms with Crippen molar-refractivity contribution in [2.45, 2.75) is 17.4 Å². The fraction of sp³-hybridized carbons (Fsp3) is 0.300. The summed E-state index contributed by atoms with van der Waals surface area (Å²) in [4.78, 5) is 9.96. The van der Waals surface area contributed by atoms with Gasteiger partial charge < -0.3 is 5.73 Å². The van der Waals surface area contributed by atoms with E-state index < -0.39 is 22.5 Å². The molecule has 0 aliphatic rings. The summed E-state index contributed by atoms with van der Waals surface area (Å²) >= 11 is 2.94. The van der Waals surface area contributed by atoms with Crippen LogP contribution in [0.15, 0.2) is 24.3 Å². The van der Waals surface area contributed by atoms with Crippen LogP contribution in [0.5, 0.6) is 0 Å². The van der Waals surface area contributed by atoms with E-state index in [1.807, 2.05) is 0 Å². The number of benzene rings is 1. The molecule has 1 amide bonds. The Hall–Kier alpha value is -1.04. The van der Waals surface area contributed by atoms with Crippen LogP contribution in [-0.4, -0.2) is 10.7 Å². The number of primary amides is 1.